The first-order valence-electron chi connectivity index (χ1n) is 8.59. The Hall–Kier alpha value is -4.14. The highest BCUT2D eigenvalue weighted by molar-refractivity contribution is 5.83. The fourth-order valence-corrected chi connectivity index (χ4v) is 3.16. The number of nitrogens with zero attached hydrogens (tertiary/aromatic N) is 3. The van der Waals surface area contributed by atoms with Crippen LogP contribution in [0.15, 0.2) is 59.5 Å². The number of rotatable bonds is 4. The zero-order valence-electron chi connectivity index (χ0n) is 14.9. The molecule has 0 saturated heterocycles. The molecule has 0 radical (unpaired) electrons. The standard InChI is InChI=1S/C20H14FN5O3/c21-16-6-5-11(7-15(16)12-9-18(26(28)29)19(22)23-10-12)8-17-13-3-1-2-4-14(13)20(27)25-24-17/h1-7,9-10H,8H2,(H2,22,23)(H,25,27). The third-order valence-corrected chi connectivity index (χ3v) is 4.58. The molecule has 0 bridgehead atoms. The zero-order chi connectivity index (χ0) is 20.5. The summed E-state index contributed by atoms with van der Waals surface area (Å²) in [7, 11) is 0. The number of aromatic amines is 1. The molecule has 0 saturated carbocycles. The molecule has 2 aromatic carbocycles. The maximum Gasteiger partial charge on any atom is 0.311 e. The first-order valence-corrected chi connectivity index (χ1v) is 8.59. The molecule has 2 aromatic heterocycles. The smallest absolute Gasteiger partial charge is 0.311 e. The Balaban J connectivity index is 1.78. The van der Waals surface area contributed by atoms with E-state index in [0.29, 0.717) is 28.5 Å². The van der Waals surface area contributed by atoms with Crippen molar-refractivity contribution in [3.8, 4) is 11.1 Å². The Morgan fingerprint density at radius 1 is 1.14 bits per heavy atom. The zero-order valence-corrected chi connectivity index (χ0v) is 14.9. The molecule has 8 nitrogen and oxygen atoms in total. The molecule has 0 aliphatic rings. The molecule has 3 N–H and O–H groups in total. The lowest BCUT2D eigenvalue weighted by atomic mass is 9.99. The summed E-state index contributed by atoms with van der Waals surface area (Å²) in [6.45, 7) is 0. The van der Waals surface area contributed by atoms with Crippen LogP contribution in [0.5, 0.6) is 0 Å². The Kier molecular flexibility index (Phi) is 4.47. The van der Waals surface area contributed by atoms with Crippen molar-refractivity contribution >= 4 is 22.3 Å². The van der Waals surface area contributed by atoms with Crippen molar-refractivity contribution in [2.24, 2.45) is 0 Å². The summed E-state index contributed by atoms with van der Waals surface area (Å²) in [6, 6.07) is 12.7. The number of hydrogen-bond acceptors (Lipinski definition) is 6. The first-order chi connectivity index (χ1) is 13.9. The molecule has 0 spiro atoms. The molecule has 4 aromatic rings. The van der Waals surface area contributed by atoms with Crippen molar-refractivity contribution in [1.82, 2.24) is 15.2 Å². The molecular weight excluding hydrogens is 377 g/mol. The van der Waals surface area contributed by atoms with E-state index in [1.54, 1.807) is 30.3 Å². The SMILES string of the molecule is Nc1ncc(-c2cc(Cc3n[nH]c(=O)c4ccccc34)ccc2F)cc1[N+](=O)[O-]. The quantitative estimate of drug-likeness (QED) is 0.406. The molecule has 9 heteroatoms. The number of benzene rings is 2. The number of H-pyrrole nitrogens is 1. The van der Waals surface area contributed by atoms with E-state index in [0.717, 1.165) is 0 Å². The van der Waals surface area contributed by atoms with Crippen LogP contribution in [0.2, 0.25) is 0 Å². The van der Waals surface area contributed by atoms with Crippen LogP contribution in [-0.4, -0.2) is 20.1 Å². The number of anilines is 1. The molecule has 0 amide bonds. The molecule has 29 heavy (non-hydrogen) atoms. The van der Waals surface area contributed by atoms with E-state index in [4.69, 9.17) is 5.73 Å². The number of halogens is 1. The second-order valence-corrected chi connectivity index (χ2v) is 6.42. The van der Waals surface area contributed by atoms with Gasteiger partial charge in [0.15, 0.2) is 0 Å². The van der Waals surface area contributed by atoms with E-state index in [-0.39, 0.29) is 28.2 Å². The van der Waals surface area contributed by atoms with Crippen LogP contribution >= 0.6 is 0 Å². The Morgan fingerprint density at radius 3 is 2.66 bits per heavy atom. The molecule has 4 rings (SSSR count). The number of nitrogens with two attached hydrogens (primary N) is 1. The highest BCUT2D eigenvalue weighted by Crippen LogP contribution is 2.30. The minimum absolute atomic E-state index is 0.159. The molecule has 0 aliphatic heterocycles. The lowest BCUT2D eigenvalue weighted by Crippen LogP contribution is -2.11. The van der Waals surface area contributed by atoms with Gasteiger partial charge in [0.2, 0.25) is 5.82 Å². The van der Waals surface area contributed by atoms with Crippen LogP contribution < -0.4 is 11.3 Å². The molecule has 0 unspecified atom stereocenters. The number of hydrogen-bond donors (Lipinski definition) is 2. The Labute approximate surface area is 163 Å². The van der Waals surface area contributed by atoms with Crippen molar-refractivity contribution < 1.29 is 9.31 Å². The first kappa shape index (κ1) is 18.2. The van der Waals surface area contributed by atoms with E-state index < -0.39 is 10.7 Å². The third-order valence-electron chi connectivity index (χ3n) is 4.58. The van der Waals surface area contributed by atoms with Gasteiger partial charge in [0, 0.05) is 35.2 Å². The fourth-order valence-electron chi connectivity index (χ4n) is 3.16. The lowest BCUT2D eigenvalue weighted by Gasteiger charge is -2.09. The van der Waals surface area contributed by atoms with E-state index in [1.165, 1.54) is 18.3 Å². The van der Waals surface area contributed by atoms with Gasteiger partial charge >= 0.3 is 5.69 Å². The highest BCUT2D eigenvalue weighted by atomic mass is 19.1. The second-order valence-electron chi connectivity index (χ2n) is 6.42. The van der Waals surface area contributed by atoms with Crippen LogP contribution in [-0.2, 0) is 6.42 Å². The van der Waals surface area contributed by atoms with Gasteiger partial charge in [0.25, 0.3) is 5.56 Å². The van der Waals surface area contributed by atoms with Crippen LogP contribution in [0.1, 0.15) is 11.3 Å². The van der Waals surface area contributed by atoms with Gasteiger partial charge in [0.05, 0.1) is 16.0 Å². The molecular formula is C20H14FN5O3. The third kappa shape index (κ3) is 3.41. The van der Waals surface area contributed by atoms with Crippen molar-refractivity contribution in [2.45, 2.75) is 6.42 Å². The van der Waals surface area contributed by atoms with Crippen LogP contribution in [0.4, 0.5) is 15.9 Å². The number of nitro groups is 1. The second kappa shape index (κ2) is 7.12. The monoisotopic (exact) mass is 391 g/mol. The van der Waals surface area contributed by atoms with Crippen molar-refractivity contribution in [1.29, 1.82) is 0 Å². The van der Waals surface area contributed by atoms with Crippen molar-refractivity contribution in [2.75, 3.05) is 5.73 Å². The summed E-state index contributed by atoms with van der Waals surface area (Å²) in [5.41, 5.74) is 6.58. The number of fused-ring (bicyclic) bond motifs is 1. The lowest BCUT2D eigenvalue weighted by molar-refractivity contribution is -0.384. The van der Waals surface area contributed by atoms with Crippen molar-refractivity contribution in [3.05, 3.63) is 92.3 Å². The Bertz CT molecular complexity index is 1320. The maximum absolute atomic E-state index is 14.4. The number of nitrogens with one attached hydrogen (secondary N) is 1. The van der Waals surface area contributed by atoms with Gasteiger partial charge in [-0.2, -0.15) is 5.10 Å². The average Bonchev–Trinajstić information content (AvgIpc) is 2.72. The summed E-state index contributed by atoms with van der Waals surface area (Å²) in [4.78, 5) is 26.2. The van der Waals surface area contributed by atoms with E-state index in [1.807, 2.05) is 6.07 Å². The molecule has 0 fully saturated rings. The number of pyridine rings is 1. The normalized spacial score (nSPS) is 10.9. The number of aromatic nitrogens is 3. The van der Waals surface area contributed by atoms with Gasteiger partial charge < -0.3 is 5.73 Å². The molecule has 0 aliphatic carbocycles. The van der Waals surface area contributed by atoms with Gasteiger partial charge in [0.1, 0.15) is 5.82 Å². The molecule has 144 valence electrons. The summed E-state index contributed by atoms with van der Waals surface area (Å²) >= 11 is 0. The largest absolute Gasteiger partial charge is 0.378 e. The van der Waals surface area contributed by atoms with Gasteiger partial charge in [-0.25, -0.2) is 14.5 Å². The topological polar surface area (TPSA) is 128 Å². The fraction of sp³-hybridized carbons (Fsp3) is 0.0500. The van der Waals surface area contributed by atoms with Gasteiger partial charge in [-0.1, -0.05) is 24.3 Å². The minimum Gasteiger partial charge on any atom is -0.378 e. The Morgan fingerprint density at radius 2 is 1.90 bits per heavy atom. The van der Waals surface area contributed by atoms with E-state index in [9.17, 15) is 19.3 Å². The van der Waals surface area contributed by atoms with E-state index >= 15 is 0 Å². The van der Waals surface area contributed by atoms with Crippen LogP contribution in [0.3, 0.4) is 0 Å². The summed E-state index contributed by atoms with van der Waals surface area (Å²) in [5.74, 6) is -0.784. The summed E-state index contributed by atoms with van der Waals surface area (Å²) in [5, 5.41) is 18.9. The predicted molar refractivity (Wildman–Crippen MR) is 106 cm³/mol. The summed E-state index contributed by atoms with van der Waals surface area (Å²) in [6.07, 6.45) is 1.62. The maximum atomic E-state index is 14.4. The average molecular weight is 391 g/mol. The van der Waals surface area contributed by atoms with Gasteiger partial charge in [-0.15, -0.1) is 0 Å². The van der Waals surface area contributed by atoms with Crippen molar-refractivity contribution in [3.63, 3.8) is 0 Å². The molecule has 0 atom stereocenters. The highest BCUT2D eigenvalue weighted by Gasteiger charge is 2.17. The molecule has 2 heterocycles. The number of nitrogen functional groups attached to an aromatic ring is 1. The van der Waals surface area contributed by atoms with Gasteiger partial charge in [-0.05, 0) is 23.8 Å². The van der Waals surface area contributed by atoms with Crippen LogP contribution in [0, 0.1) is 15.9 Å². The van der Waals surface area contributed by atoms with Crippen LogP contribution in [0.25, 0.3) is 21.9 Å². The minimum atomic E-state index is -0.663. The van der Waals surface area contributed by atoms with Gasteiger partial charge in [-0.3, -0.25) is 14.9 Å². The predicted octanol–water partition coefficient (Wildman–Crippen LogP) is 3.21. The van der Waals surface area contributed by atoms with E-state index in [2.05, 4.69) is 15.2 Å². The summed E-state index contributed by atoms with van der Waals surface area (Å²) < 4.78 is 14.4.